The maximum atomic E-state index is 10.8. The number of hydrogen-bond acceptors (Lipinski definition) is 3. The first kappa shape index (κ1) is 9.06. The van der Waals surface area contributed by atoms with Crippen LogP contribution in [0.2, 0.25) is 0 Å². The Morgan fingerprint density at radius 2 is 2.36 bits per heavy atom. The molecule has 0 heterocycles. The van der Waals surface area contributed by atoms with E-state index in [-0.39, 0.29) is 12.1 Å². The Bertz CT molecular complexity index is 371. The van der Waals surface area contributed by atoms with Crippen LogP contribution >= 0.6 is 0 Å². The van der Waals surface area contributed by atoms with Gasteiger partial charge in [0.25, 0.3) is 0 Å². The minimum absolute atomic E-state index is 0.172. The highest BCUT2D eigenvalue weighted by molar-refractivity contribution is 5.66. The SMILES string of the molecule is CC(=O)OC1CCc2c(O)cccc21. The topological polar surface area (TPSA) is 46.5 Å². The van der Waals surface area contributed by atoms with Crippen molar-refractivity contribution in [1.29, 1.82) is 0 Å². The Morgan fingerprint density at radius 3 is 3.07 bits per heavy atom. The number of fused-ring (bicyclic) bond motifs is 1. The molecule has 0 saturated carbocycles. The van der Waals surface area contributed by atoms with Crippen molar-refractivity contribution in [3.8, 4) is 5.75 Å². The molecule has 3 nitrogen and oxygen atoms in total. The molecule has 0 bridgehead atoms. The molecule has 0 fully saturated rings. The summed E-state index contributed by atoms with van der Waals surface area (Å²) < 4.78 is 5.14. The molecule has 1 aromatic carbocycles. The zero-order valence-electron chi connectivity index (χ0n) is 7.99. The Labute approximate surface area is 82.3 Å². The van der Waals surface area contributed by atoms with Crippen molar-refractivity contribution in [2.75, 3.05) is 0 Å². The Morgan fingerprint density at radius 1 is 1.57 bits per heavy atom. The number of benzene rings is 1. The first-order valence-electron chi connectivity index (χ1n) is 4.66. The minimum atomic E-state index is -0.272. The summed E-state index contributed by atoms with van der Waals surface area (Å²) in [5.41, 5.74) is 1.86. The third kappa shape index (κ3) is 1.45. The van der Waals surface area contributed by atoms with Gasteiger partial charge in [0.1, 0.15) is 11.9 Å². The van der Waals surface area contributed by atoms with E-state index < -0.39 is 0 Å². The summed E-state index contributed by atoms with van der Waals surface area (Å²) in [4.78, 5) is 10.8. The molecule has 0 aromatic heterocycles. The van der Waals surface area contributed by atoms with E-state index >= 15 is 0 Å². The molecule has 1 aliphatic rings. The summed E-state index contributed by atoms with van der Waals surface area (Å²) >= 11 is 0. The van der Waals surface area contributed by atoms with Crippen LogP contribution in [0.1, 0.15) is 30.6 Å². The minimum Gasteiger partial charge on any atom is -0.508 e. The fourth-order valence-electron chi connectivity index (χ4n) is 1.92. The van der Waals surface area contributed by atoms with Gasteiger partial charge in [-0.25, -0.2) is 0 Å². The number of ether oxygens (including phenoxy) is 1. The number of carbonyl (C=O) groups excluding carboxylic acids is 1. The van der Waals surface area contributed by atoms with Crippen LogP contribution in [0.25, 0.3) is 0 Å². The molecular weight excluding hydrogens is 180 g/mol. The van der Waals surface area contributed by atoms with Gasteiger partial charge in [0.05, 0.1) is 0 Å². The third-order valence-corrected chi connectivity index (χ3v) is 2.50. The summed E-state index contributed by atoms with van der Waals surface area (Å²) in [6.07, 6.45) is 1.38. The summed E-state index contributed by atoms with van der Waals surface area (Å²) in [6.45, 7) is 1.40. The molecule has 1 aliphatic carbocycles. The molecule has 0 aliphatic heterocycles. The largest absolute Gasteiger partial charge is 0.508 e. The predicted octanol–water partition coefficient (Wildman–Crippen LogP) is 1.94. The van der Waals surface area contributed by atoms with Crippen LogP contribution < -0.4 is 0 Å². The van der Waals surface area contributed by atoms with Crippen molar-refractivity contribution in [3.63, 3.8) is 0 Å². The van der Waals surface area contributed by atoms with Crippen molar-refractivity contribution in [1.82, 2.24) is 0 Å². The Kier molecular flexibility index (Phi) is 2.15. The van der Waals surface area contributed by atoms with E-state index in [1.165, 1.54) is 6.92 Å². The molecule has 1 N–H and O–H groups in total. The van der Waals surface area contributed by atoms with Gasteiger partial charge in [0.15, 0.2) is 0 Å². The molecule has 1 unspecified atom stereocenters. The average molecular weight is 192 g/mol. The van der Waals surface area contributed by atoms with Crippen molar-refractivity contribution in [2.45, 2.75) is 25.9 Å². The van der Waals surface area contributed by atoms with E-state index in [4.69, 9.17) is 4.74 Å². The molecule has 3 heteroatoms. The highest BCUT2D eigenvalue weighted by Crippen LogP contribution is 2.38. The van der Waals surface area contributed by atoms with Crippen LogP contribution in [0.4, 0.5) is 0 Å². The lowest BCUT2D eigenvalue weighted by Crippen LogP contribution is -2.04. The van der Waals surface area contributed by atoms with E-state index in [9.17, 15) is 9.90 Å². The molecule has 74 valence electrons. The lowest BCUT2D eigenvalue weighted by molar-refractivity contribution is -0.146. The maximum absolute atomic E-state index is 10.8. The van der Waals surface area contributed by atoms with Gasteiger partial charge in [0, 0.05) is 12.5 Å². The number of esters is 1. The van der Waals surface area contributed by atoms with Gasteiger partial charge in [-0.1, -0.05) is 12.1 Å². The quantitative estimate of drug-likeness (QED) is 0.692. The molecule has 1 atom stereocenters. The highest BCUT2D eigenvalue weighted by Gasteiger charge is 2.26. The number of phenols is 1. The van der Waals surface area contributed by atoms with Crippen LogP contribution in [0.15, 0.2) is 18.2 Å². The maximum Gasteiger partial charge on any atom is 0.303 e. The highest BCUT2D eigenvalue weighted by atomic mass is 16.5. The van der Waals surface area contributed by atoms with E-state index in [0.717, 1.165) is 24.0 Å². The Hall–Kier alpha value is -1.51. The molecule has 1 aromatic rings. The molecule has 0 amide bonds. The second-order valence-electron chi connectivity index (χ2n) is 3.48. The first-order valence-corrected chi connectivity index (χ1v) is 4.66. The Balaban J connectivity index is 2.30. The van der Waals surface area contributed by atoms with E-state index in [1.54, 1.807) is 12.1 Å². The standard InChI is InChI=1S/C11H12O3/c1-7(12)14-11-6-5-8-9(11)3-2-4-10(8)13/h2-4,11,13H,5-6H2,1H3. The van der Waals surface area contributed by atoms with E-state index in [0.29, 0.717) is 5.75 Å². The van der Waals surface area contributed by atoms with Crippen molar-refractivity contribution in [2.24, 2.45) is 0 Å². The number of carbonyl (C=O) groups is 1. The lowest BCUT2D eigenvalue weighted by Gasteiger charge is -2.11. The number of hydrogen-bond donors (Lipinski definition) is 1. The number of rotatable bonds is 1. The zero-order valence-corrected chi connectivity index (χ0v) is 7.99. The summed E-state index contributed by atoms with van der Waals surface area (Å²) in [5, 5.41) is 9.54. The fraction of sp³-hybridized carbons (Fsp3) is 0.364. The third-order valence-electron chi connectivity index (χ3n) is 2.50. The van der Waals surface area contributed by atoms with Crippen LogP contribution in [0.3, 0.4) is 0 Å². The lowest BCUT2D eigenvalue weighted by atomic mass is 10.1. The van der Waals surface area contributed by atoms with Crippen LogP contribution in [0.5, 0.6) is 5.75 Å². The number of aromatic hydroxyl groups is 1. The predicted molar refractivity (Wildman–Crippen MR) is 50.9 cm³/mol. The van der Waals surface area contributed by atoms with Crippen LogP contribution in [0, 0.1) is 0 Å². The van der Waals surface area contributed by atoms with Crippen LogP contribution in [-0.2, 0) is 16.0 Å². The van der Waals surface area contributed by atoms with Crippen molar-refractivity contribution in [3.05, 3.63) is 29.3 Å². The van der Waals surface area contributed by atoms with Crippen LogP contribution in [-0.4, -0.2) is 11.1 Å². The average Bonchev–Trinajstić information content (AvgIpc) is 2.49. The van der Waals surface area contributed by atoms with E-state index in [1.807, 2.05) is 6.07 Å². The molecule has 0 radical (unpaired) electrons. The smallest absolute Gasteiger partial charge is 0.303 e. The van der Waals surface area contributed by atoms with Gasteiger partial charge in [0.2, 0.25) is 0 Å². The molecule has 0 spiro atoms. The summed E-state index contributed by atoms with van der Waals surface area (Å²) in [6, 6.07) is 5.33. The summed E-state index contributed by atoms with van der Waals surface area (Å²) in [7, 11) is 0. The normalized spacial score (nSPS) is 19.1. The summed E-state index contributed by atoms with van der Waals surface area (Å²) in [5.74, 6) is 0.0309. The van der Waals surface area contributed by atoms with Gasteiger partial charge in [-0.05, 0) is 24.5 Å². The van der Waals surface area contributed by atoms with Crippen molar-refractivity contribution < 1.29 is 14.6 Å². The molecule has 2 rings (SSSR count). The second kappa shape index (κ2) is 3.33. The number of phenolic OH excluding ortho intramolecular Hbond substituents is 1. The molecular formula is C11H12O3. The molecule has 14 heavy (non-hydrogen) atoms. The molecule has 0 saturated heterocycles. The second-order valence-corrected chi connectivity index (χ2v) is 3.48. The van der Waals surface area contributed by atoms with Crippen molar-refractivity contribution >= 4 is 5.97 Å². The van der Waals surface area contributed by atoms with Gasteiger partial charge in [-0.2, -0.15) is 0 Å². The van der Waals surface area contributed by atoms with E-state index in [2.05, 4.69) is 0 Å². The fourth-order valence-corrected chi connectivity index (χ4v) is 1.92. The zero-order chi connectivity index (χ0) is 10.1. The van der Waals surface area contributed by atoms with Gasteiger partial charge >= 0.3 is 5.97 Å². The van der Waals surface area contributed by atoms with Gasteiger partial charge in [-0.15, -0.1) is 0 Å². The first-order chi connectivity index (χ1) is 6.68. The van der Waals surface area contributed by atoms with Gasteiger partial charge < -0.3 is 9.84 Å². The van der Waals surface area contributed by atoms with Gasteiger partial charge in [-0.3, -0.25) is 4.79 Å². The monoisotopic (exact) mass is 192 g/mol.